The third-order valence-electron chi connectivity index (χ3n) is 4.98. The van der Waals surface area contributed by atoms with Gasteiger partial charge >= 0.3 is 0 Å². The third-order valence-corrected chi connectivity index (χ3v) is 5.35. The normalized spacial score (nSPS) is 24.6. The van der Waals surface area contributed by atoms with Gasteiger partial charge in [-0.05, 0) is 62.7 Å². The summed E-state index contributed by atoms with van der Waals surface area (Å²) in [5, 5.41) is 7.32. The summed E-state index contributed by atoms with van der Waals surface area (Å²) < 4.78 is 0. The van der Waals surface area contributed by atoms with Crippen LogP contribution in [0, 0.1) is 11.3 Å². The molecule has 0 radical (unpaired) electrons. The molecule has 1 aromatic rings. The molecule has 1 amide bonds. The second kappa shape index (κ2) is 5.98. The van der Waals surface area contributed by atoms with E-state index in [2.05, 4.69) is 17.6 Å². The molecule has 3 rings (SSSR count). The molecule has 1 aliphatic heterocycles. The summed E-state index contributed by atoms with van der Waals surface area (Å²) in [5.41, 5.74) is 1.40. The molecule has 1 heterocycles. The summed E-state index contributed by atoms with van der Waals surface area (Å²) in [4.78, 5) is 12.4. The van der Waals surface area contributed by atoms with Gasteiger partial charge in [-0.2, -0.15) is 0 Å². The van der Waals surface area contributed by atoms with E-state index in [1.54, 1.807) is 0 Å². The minimum absolute atomic E-state index is 0.122. The zero-order valence-electron chi connectivity index (χ0n) is 12.5. The van der Waals surface area contributed by atoms with Gasteiger partial charge in [-0.15, -0.1) is 0 Å². The maximum Gasteiger partial charge on any atom is 0.223 e. The predicted octanol–water partition coefficient (Wildman–Crippen LogP) is 2.78. The van der Waals surface area contributed by atoms with Crippen molar-refractivity contribution in [3.05, 3.63) is 34.9 Å². The minimum Gasteiger partial charge on any atom is -0.353 e. The monoisotopic (exact) mass is 306 g/mol. The molecule has 2 atom stereocenters. The van der Waals surface area contributed by atoms with Crippen LogP contribution < -0.4 is 10.6 Å². The molecule has 1 spiro atoms. The first kappa shape index (κ1) is 14.9. The smallest absolute Gasteiger partial charge is 0.223 e. The Morgan fingerprint density at radius 3 is 2.86 bits per heavy atom. The van der Waals surface area contributed by atoms with Gasteiger partial charge in [0.2, 0.25) is 5.91 Å². The predicted molar refractivity (Wildman–Crippen MR) is 85.4 cm³/mol. The molecule has 2 N–H and O–H groups in total. The Morgan fingerprint density at radius 1 is 1.43 bits per heavy atom. The molecule has 0 bridgehead atoms. The van der Waals surface area contributed by atoms with E-state index >= 15 is 0 Å². The van der Waals surface area contributed by atoms with Crippen molar-refractivity contribution in [2.24, 2.45) is 11.3 Å². The number of nitrogens with one attached hydrogen (secondary N) is 2. The quantitative estimate of drug-likeness (QED) is 0.898. The number of hydrogen-bond acceptors (Lipinski definition) is 2. The van der Waals surface area contributed by atoms with Crippen LogP contribution >= 0.6 is 11.6 Å². The van der Waals surface area contributed by atoms with Gasteiger partial charge in [0, 0.05) is 17.0 Å². The largest absolute Gasteiger partial charge is 0.353 e. The molecule has 1 aromatic carbocycles. The Hall–Kier alpha value is -1.06. The van der Waals surface area contributed by atoms with Crippen LogP contribution in [0.3, 0.4) is 0 Å². The second-order valence-electron chi connectivity index (χ2n) is 6.57. The van der Waals surface area contributed by atoms with Crippen molar-refractivity contribution in [1.82, 2.24) is 10.6 Å². The van der Waals surface area contributed by atoms with Crippen LogP contribution in [0.4, 0.5) is 0 Å². The zero-order chi connectivity index (χ0) is 14.9. The number of carbonyl (C=O) groups is 1. The van der Waals surface area contributed by atoms with Gasteiger partial charge in [-0.25, -0.2) is 0 Å². The lowest BCUT2D eigenvalue weighted by Gasteiger charge is -2.23. The number of benzene rings is 1. The van der Waals surface area contributed by atoms with E-state index in [-0.39, 0.29) is 17.9 Å². The molecule has 1 saturated carbocycles. The molecule has 21 heavy (non-hydrogen) atoms. The van der Waals surface area contributed by atoms with Crippen LogP contribution in [-0.4, -0.2) is 25.0 Å². The van der Waals surface area contributed by atoms with Crippen LogP contribution in [0.2, 0.25) is 5.02 Å². The topological polar surface area (TPSA) is 41.1 Å². The van der Waals surface area contributed by atoms with E-state index in [0.717, 1.165) is 49.4 Å². The molecule has 1 aliphatic carbocycles. The third kappa shape index (κ3) is 3.24. The van der Waals surface area contributed by atoms with Gasteiger partial charge in [0.05, 0.1) is 0 Å². The maximum atomic E-state index is 12.4. The molecule has 2 aliphatic rings. The van der Waals surface area contributed by atoms with Crippen LogP contribution in [-0.2, 0) is 11.2 Å². The number of carbonyl (C=O) groups excluding carboxylic acids is 1. The first-order chi connectivity index (χ1) is 10.1. The van der Waals surface area contributed by atoms with E-state index in [1.807, 2.05) is 24.3 Å². The summed E-state index contributed by atoms with van der Waals surface area (Å²) >= 11 is 6.18. The molecular formula is C17H23ClN2O. The van der Waals surface area contributed by atoms with Crippen LogP contribution in [0.5, 0.6) is 0 Å². The van der Waals surface area contributed by atoms with Crippen molar-refractivity contribution < 1.29 is 4.79 Å². The average molecular weight is 307 g/mol. The van der Waals surface area contributed by atoms with Gasteiger partial charge in [0.25, 0.3) is 0 Å². The highest BCUT2D eigenvalue weighted by atomic mass is 35.5. The van der Waals surface area contributed by atoms with E-state index in [4.69, 9.17) is 11.6 Å². The lowest BCUT2D eigenvalue weighted by molar-refractivity contribution is -0.123. The number of piperidine rings is 1. The van der Waals surface area contributed by atoms with Crippen molar-refractivity contribution in [2.75, 3.05) is 13.1 Å². The van der Waals surface area contributed by atoms with Crippen molar-refractivity contribution in [2.45, 2.75) is 38.6 Å². The molecular weight excluding hydrogens is 284 g/mol. The summed E-state index contributed by atoms with van der Waals surface area (Å²) in [6.45, 7) is 4.16. The summed E-state index contributed by atoms with van der Waals surface area (Å²) in [6.07, 6.45) is 4.14. The first-order valence-corrected chi connectivity index (χ1v) is 8.23. The van der Waals surface area contributed by atoms with Gasteiger partial charge in [-0.3, -0.25) is 4.79 Å². The second-order valence-corrected chi connectivity index (χ2v) is 6.98. The fraction of sp³-hybridized carbons (Fsp3) is 0.588. The number of hydrogen-bond donors (Lipinski definition) is 2. The lowest BCUT2D eigenvalue weighted by atomic mass is 9.91. The lowest BCUT2D eigenvalue weighted by Crippen LogP contribution is -2.38. The Labute approximate surface area is 131 Å². The van der Waals surface area contributed by atoms with Crippen LogP contribution in [0.1, 0.15) is 31.7 Å². The fourth-order valence-electron chi connectivity index (χ4n) is 3.58. The van der Waals surface area contributed by atoms with Crippen molar-refractivity contribution >= 4 is 17.5 Å². The van der Waals surface area contributed by atoms with Gasteiger partial charge in [0.15, 0.2) is 0 Å². The zero-order valence-corrected chi connectivity index (χ0v) is 13.2. The van der Waals surface area contributed by atoms with Crippen LogP contribution in [0.15, 0.2) is 24.3 Å². The van der Waals surface area contributed by atoms with Crippen molar-refractivity contribution in [3.8, 4) is 0 Å². The standard InChI is InChI=1S/C17H23ClN2O/c1-12(10-13-4-2-3-5-15(13)18)20-16(21)14-11-17(14)6-8-19-9-7-17/h2-5,12,14,19H,6-11H2,1H3,(H,20,21). The summed E-state index contributed by atoms with van der Waals surface area (Å²) in [6, 6.07) is 7.96. The maximum absolute atomic E-state index is 12.4. The van der Waals surface area contributed by atoms with E-state index < -0.39 is 0 Å². The van der Waals surface area contributed by atoms with Gasteiger partial charge < -0.3 is 10.6 Å². The highest BCUT2D eigenvalue weighted by Gasteiger charge is 2.57. The Balaban J connectivity index is 1.52. The average Bonchev–Trinajstić information content (AvgIpc) is 3.16. The Bertz CT molecular complexity index is 525. The molecule has 2 fully saturated rings. The molecule has 1 saturated heterocycles. The molecule has 2 unspecified atom stereocenters. The first-order valence-electron chi connectivity index (χ1n) is 7.85. The van der Waals surface area contributed by atoms with E-state index in [9.17, 15) is 4.79 Å². The highest BCUT2D eigenvalue weighted by Crippen LogP contribution is 2.58. The van der Waals surface area contributed by atoms with Crippen LogP contribution in [0.25, 0.3) is 0 Å². The minimum atomic E-state index is 0.122. The van der Waals surface area contributed by atoms with Crippen molar-refractivity contribution in [1.29, 1.82) is 0 Å². The Morgan fingerprint density at radius 2 is 2.14 bits per heavy atom. The van der Waals surface area contributed by atoms with Gasteiger partial charge in [-0.1, -0.05) is 29.8 Å². The molecule has 0 aromatic heterocycles. The molecule has 114 valence electrons. The fourth-order valence-corrected chi connectivity index (χ4v) is 3.80. The SMILES string of the molecule is CC(Cc1ccccc1Cl)NC(=O)C1CC12CCNCC2. The summed E-state index contributed by atoms with van der Waals surface area (Å²) in [5.74, 6) is 0.463. The molecule has 3 nitrogen and oxygen atoms in total. The summed E-state index contributed by atoms with van der Waals surface area (Å²) in [7, 11) is 0. The van der Waals surface area contributed by atoms with Gasteiger partial charge in [0.1, 0.15) is 0 Å². The molecule has 4 heteroatoms. The van der Waals surface area contributed by atoms with E-state index in [0.29, 0.717) is 5.41 Å². The Kier molecular flexibility index (Phi) is 4.23. The number of amides is 1. The highest BCUT2D eigenvalue weighted by molar-refractivity contribution is 6.31. The number of halogens is 1. The number of rotatable bonds is 4. The van der Waals surface area contributed by atoms with E-state index in [1.165, 1.54) is 0 Å². The van der Waals surface area contributed by atoms with Crippen molar-refractivity contribution in [3.63, 3.8) is 0 Å².